The average Bonchev–Trinajstić information content (AvgIpc) is 2.82. The zero-order chi connectivity index (χ0) is 14.1. The predicted octanol–water partition coefficient (Wildman–Crippen LogP) is 3.19. The van der Waals surface area contributed by atoms with Gasteiger partial charge in [0.25, 0.3) is 0 Å². The number of benzene rings is 2. The van der Waals surface area contributed by atoms with Gasteiger partial charge in [0.15, 0.2) is 0 Å². The maximum Gasteiger partial charge on any atom is 0.238 e. The molecule has 2 N–H and O–H groups in total. The van der Waals surface area contributed by atoms with Crippen molar-refractivity contribution in [3.63, 3.8) is 0 Å². The van der Waals surface area contributed by atoms with Gasteiger partial charge in [0.2, 0.25) is 5.91 Å². The molecule has 1 aliphatic heterocycles. The predicted molar refractivity (Wildman–Crippen MR) is 79.9 cm³/mol. The first-order valence-corrected chi connectivity index (χ1v) is 7.25. The summed E-state index contributed by atoms with van der Waals surface area (Å²) >= 11 is 1.49. The van der Waals surface area contributed by atoms with Crippen LogP contribution in [0.5, 0.6) is 0 Å². The zero-order valence-electron chi connectivity index (χ0n) is 10.6. The van der Waals surface area contributed by atoms with Gasteiger partial charge >= 0.3 is 0 Å². The lowest BCUT2D eigenvalue weighted by atomic mass is 10.1. The first-order valence-electron chi connectivity index (χ1n) is 6.20. The Bertz CT molecular complexity index is 645. The SMILES string of the molecule is Nc1ccc(C2SCC(=O)N2c2ccccc2F)cc1. The molecule has 0 spiro atoms. The van der Waals surface area contributed by atoms with E-state index in [1.165, 1.54) is 22.7 Å². The zero-order valence-corrected chi connectivity index (χ0v) is 11.4. The lowest BCUT2D eigenvalue weighted by Gasteiger charge is -2.24. The third-order valence-electron chi connectivity index (χ3n) is 3.20. The van der Waals surface area contributed by atoms with E-state index in [0.717, 1.165) is 5.56 Å². The molecular weight excluding hydrogens is 275 g/mol. The number of hydrogen-bond acceptors (Lipinski definition) is 3. The molecule has 1 aliphatic rings. The molecule has 3 nitrogen and oxygen atoms in total. The number of thioether (sulfide) groups is 1. The second-order valence-electron chi connectivity index (χ2n) is 4.55. The summed E-state index contributed by atoms with van der Waals surface area (Å²) in [4.78, 5) is 13.6. The number of amides is 1. The molecule has 0 radical (unpaired) electrons. The van der Waals surface area contributed by atoms with E-state index >= 15 is 0 Å². The Hall–Kier alpha value is -2.01. The molecule has 3 rings (SSSR count). The second kappa shape index (κ2) is 5.17. The smallest absolute Gasteiger partial charge is 0.238 e. The van der Waals surface area contributed by atoms with Crippen LogP contribution in [0.4, 0.5) is 15.8 Å². The molecule has 0 bridgehead atoms. The largest absolute Gasteiger partial charge is 0.399 e. The van der Waals surface area contributed by atoms with E-state index in [2.05, 4.69) is 0 Å². The fraction of sp³-hybridized carbons (Fsp3) is 0.133. The number of halogens is 1. The summed E-state index contributed by atoms with van der Waals surface area (Å²) in [5.74, 6) is -0.116. The first kappa shape index (κ1) is 13.0. The van der Waals surface area contributed by atoms with Crippen molar-refractivity contribution in [3.05, 3.63) is 59.9 Å². The van der Waals surface area contributed by atoms with E-state index in [1.54, 1.807) is 30.3 Å². The van der Waals surface area contributed by atoms with Crippen LogP contribution in [0.25, 0.3) is 0 Å². The van der Waals surface area contributed by atoms with Crippen LogP contribution in [0.15, 0.2) is 48.5 Å². The quantitative estimate of drug-likeness (QED) is 0.863. The number of anilines is 2. The highest BCUT2D eigenvalue weighted by Crippen LogP contribution is 2.42. The Morgan fingerprint density at radius 1 is 1.15 bits per heavy atom. The number of nitrogens with zero attached hydrogens (tertiary/aromatic N) is 1. The Morgan fingerprint density at radius 3 is 2.55 bits per heavy atom. The molecule has 5 heteroatoms. The van der Waals surface area contributed by atoms with E-state index in [0.29, 0.717) is 17.1 Å². The maximum absolute atomic E-state index is 13.9. The topological polar surface area (TPSA) is 46.3 Å². The summed E-state index contributed by atoms with van der Waals surface area (Å²) in [5, 5.41) is -0.208. The molecule has 1 unspecified atom stereocenters. The summed E-state index contributed by atoms with van der Waals surface area (Å²) in [7, 11) is 0. The van der Waals surface area contributed by atoms with E-state index in [-0.39, 0.29) is 17.1 Å². The molecule has 0 aromatic heterocycles. The molecule has 2 aromatic rings. The van der Waals surface area contributed by atoms with Crippen molar-refractivity contribution in [2.75, 3.05) is 16.4 Å². The van der Waals surface area contributed by atoms with Crippen molar-refractivity contribution >= 4 is 29.0 Å². The summed E-state index contributed by atoms with van der Waals surface area (Å²) in [6.07, 6.45) is 0. The third kappa shape index (κ3) is 2.25. The summed E-state index contributed by atoms with van der Waals surface area (Å²) in [5.41, 5.74) is 7.61. The standard InChI is InChI=1S/C15H13FN2OS/c16-12-3-1-2-4-13(12)18-14(19)9-20-15(18)10-5-7-11(17)8-6-10/h1-8,15H,9,17H2. The van der Waals surface area contributed by atoms with Crippen LogP contribution in [-0.2, 0) is 4.79 Å². The van der Waals surface area contributed by atoms with Gasteiger partial charge in [0, 0.05) is 5.69 Å². The lowest BCUT2D eigenvalue weighted by Crippen LogP contribution is -2.28. The van der Waals surface area contributed by atoms with Crippen molar-refractivity contribution in [3.8, 4) is 0 Å². The lowest BCUT2D eigenvalue weighted by molar-refractivity contribution is -0.115. The molecule has 0 aliphatic carbocycles. The number of rotatable bonds is 2. The average molecular weight is 288 g/mol. The summed E-state index contributed by atoms with van der Waals surface area (Å²) in [6, 6.07) is 13.7. The van der Waals surface area contributed by atoms with Crippen molar-refractivity contribution in [2.45, 2.75) is 5.37 Å². The molecular formula is C15H13FN2OS. The molecule has 20 heavy (non-hydrogen) atoms. The van der Waals surface area contributed by atoms with E-state index in [9.17, 15) is 9.18 Å². The minimum absolute atomic E-state index is 0.0816. The van der Waals surface area contributed by atoms with Gasteiger partial charge in [-0.1, -0.05) is 24.3 Å². The molecule has 102 valence electrons. The molecule has 2 aromatic carbocycles. The number of hydrogen-bond donors (Lipinski definition) is 1. The van der Waals surface area contributed by atoms with Crippen LogP contribution in [0.3, 0.4) is 0 Å². The van der Waals surface area contributed by atoms with Crippen LogP contribution in [0.2, 0.25) is 0 Å². The van der Waals surface area contributed by atoms with Crippen molar-refractivity contribution in [2.24, 2.45) is 0 Å². The first-order chi connectivity index (χ1) is 9.66. The fourth-order valence-electron chi connectivity index (χ4n) is 2.24. The van der Waals surface area contributed by atoms with E-state index < -0.39 is 0 Å². The normalized spacial score (nSPS) is 18.6. The summed E-state index contributed by atoms with van der Waals surface area (Å²) < 4.78 is 13.9. The van der Waals surface area contributed by atoms with Crippen LogP contribution in [0.1, 0.15) is 10.9 Å². The minimum Gasteiger partial charge on any atom is -0.399 e. The van der Waals surface area contributed by atoms with Gasteiger partial charge in [-0.05, 0) is 29.8 Å². The fourth-order valence-corrected chi connectivity index (χ4v) is 3.41. The number of nitrogen functional groups attached to an aromatic ring is 1. The maximum atomic E-state index is 13.9. The molecule has 1 fully saturated rings. The van der Waals surface area contributed by atoms with Gasteiger partial charge in [-0.2, -0.15) is 0 Å². The van der Waals surface area contributed by atoms with Crippen molar-refractivity contribution in [1.82, 2.24) is 0 Å². The van der Waals surface area contributed by atoms with Crippen molar-refractivity contribution in [1.29, 1.82) is 0 Å². The van der Waals surface area contributed by atoms with Crippen LogP contribution in [0, 0.1) is 5.82 Å². The van der Waals surface area contributed by atoms with Gasteiger partial charge in [0.05, 0.1) is 11.4 Å². The minimum atomic E-state index is -0.385. The molecule has 1 saturated heterocycles. The highest BCUT2D eigenvalue weighted by molar-refractivity contribution is 8.00. The number of carbonyl (C=O) groups excluding carboxylic acids is 1. The second-order valence-corrected chi connectivity index (χ2v) is 5.61. The van der Waals surface area contributed by atoms with Gasteiger partial charge in [0.1, 0.15) is 11.2 Å². The Labute approximate surface area is 120 Å². The van der Waals surface area contributed by atoms with Gasteiger partial charge < -0.3 is 5.73 Å². The highest BCUT2D eigenvalue weighted by atomic mass is 32.2. The van der Waals surface area contributed by atoms with Crippen LogP contribution < -0.4 is 10.6 Å². The third-order valence-corrected chi connectivity index (χ3v) is 4.41. The van der Waals surface area contributed by atoms with E-state index in [4.69, 9.17) is 5.73 Å². The molecule has 1 heterocycles. The van der Waals surface area contributed by atoms with Crippen LogP contribution in [-0.4, -0.2) is 11.7 Å². The number of carbonyl (C=O) groups is 1. The molecule has 1 amide bonds. The summed E-state index contributed by atoms with van der Waals surface area (Å²) in [6.45, 7) is 0. The Morgan fingerprint density at radius 2 is 1.85 bits per heavy atom. The van der Waals surface area contributed by atoms with Crippen LogP contribution >= 0.6 is 11.8 Å². The highest BCUT2D eigenvalue weighted by Gasteiger charge is 2.35. The number of para-hydroxylation sites is 1. The Kier molecular flexibility index (Phi) is 3.36. The molecule has 1 atom stereocenters. The number of nitrogens with two attached hydrogens (primary N) is 1. The molecule has 0 saturated carbocycles. The van der Waals surface area contributed by atoms with Crippen molar-refractivity contribution < 1.29 is 9.18 Å². The van der Waals surface area contributed by atoms with Gasteiger partial charge in [-0.3, -0.25) is 9.69 Å². The van der Waals surface area contributed by atoms with Gasteiger partial charge in [-0.25, -0.2) is 4.39 Å². The Balaban J connectivity index is 2.01. The monoisotopic (exact) mass is 288 g/mol. The van der Waals surface area contributed by atoms with E-state index in [1.807, 2.05) is 12.1 Å². The van der Waals surface area contributed by atoms with Gasteiger partial charge in [-0.15, -0.1) is 11.8 Å².